The quantitative estimate of drug-likeness (QED) is 0.0435. The molecule has 2 amide bonds. The smallest absolute Gasteiger partial charge is 0.274 e. The Bertz CT molecular complexity index is 2290. The van der Waals surface area contributed by atoms with Crippen LogP contribution in [0.25, 0.3) is 5.52 Å². The number of halogens is 2. The number of aldehydes is 1. The van der Waals surface area contributed by atoms with Crippen molar-refractivity contribution in [2.75, 3.05) is 67.6 Å². The number of nitrogens with two attached hydrogens (primary N) is 1. The monoisotopic (exact) mass is 883 g/mol. The molecular weight excluding hydrogens is 825 g/mol. The molecule has 0 bridgehead atoms. The zero-order chi connectivity index (χ0) is 45.1. The second-order valence-corrected chi connectivity index (χ2v) is 17.4. The van der Waals surface area contributed by atoms with Crippen LogP contribution in [0.3, 0.4) is 0 Å². The van der Waals surface area contributed by atoms with E-state index in [-0.39, 0.29) is 18.0 Å². The maximum Gasteiger partial charge on any atom is 0.274 e. The second kappa shape index (κ2) is 21.7. The van der Waals surface area contributed by atoms with Gasteiger partial charge in [-0.1, -0.05) is 35.3 Å². The summed E-state index contributed by atoms with van der Waals surface area (Å²) < 4.78 is 14.8. The summed E-state index contributed by atoms with van der Waals surface area (Å²) in [5.74, 6) is -1.11. The number of carbonyl (C=O) groups excluding carboxylic acids is 3. The maximum atomic E-state index is 13.3. The van der Waals surface area contributed by atoms with Gasteiger partial charge in [0.05, 0.1) is 33.6 Å². The van der Waals surface area contributed by atoms with E-state index < -0.39 is 23.5 Å². The van der Waals surface area contributed by atoms with E-state index in [0.29, 0.717) is 62.1 Å². The lowest BCUT2D eigenvalue weighted by Crippen LogP contribution is -2.52. The van der Waals surface area contributed by atoms with Gasteiger partial charge in [0.25, 0.3) is 11.8 Å². The zero-order valence-corrected chi connectivity index (χ0v) is 37.1. The van der Waals surface area contributed by atoms with E-state index >= 15 is 0 Å². The fourth-order valence-electron chi connectivity index (χ4n) is 8.47. The van der Waals surface area contributed by atoms with Crippen LogP contribution in [0.4, 0.5) is 27.2 Å². The van der Waals surface area contributed by atoms with Crippen molar-refractivity contribution in [1.29, 1.82) is 5.26 Å². The number of rotatable bonds is 13. The number of nitrogens with one attached hydrogen (secondary N) is 3. The minimum Gasteiger partial charge on any atom is -0.398 e. The van der Waals surface area contributed by atoms with Crippen LogP contribution in [0.15, 0.2) is 59.7 Å². The molecule has 4 aromatic rings. The number of carbonyl (C=O) groups is 3. The largest absolute Gasteiger partial charge is 0.398 e. The molecule has 2 aromatic carbocycles. The van der Waals surface area contributed by atoms with E-state index in [0.717, 1.165) is 84.0 Å². The number of aliphatic hydroxyl groups is 1. The van der Waals surface area contributed by atoms with Crippen molar-refractivity contribution in [1.82, 2.24) is 25.0 Å². The van der Waals surface area contributed by atoms with Gasteiger partial charge in [0.2, 0.25) is 0 Å². The number of aliphatic imine (C=N–C) groups is 1. The molecule has 336 valence electrons. The number of fused-ring (bicyclic) bond motifs is 1. The molecule has 3 fully saturated rings. The minimum atomic E-state index is -1.23. The number of benzene rings is 2. The van der Waals surface area contributed by atoms with Crippen molar-refractivity contribution in [3.05, 3.63) is 82.1 Å². The first kappa shape index (κ1) is 46.9. The highest BCUT2D eigenvalue weighted by Crippen LogP contribution is 2.34. The van der Waals surface area contributed by atoms with Crippen LogP contribution in [0.5, 0.6) is 0 Å². The number of anilines is 4. The number of amides is 2. The predicted octanol–water partition coefficient (Wildman–Crippen LogP) is 6.34. The number of piperazine rings is 1. The standard InChI is InChI=1S/C25H28N6O2.C21H31ClFN5O2/c1-25(2,33)20-12-21(27)17(15-28-18-6-4-3-5-7-18)11-22(20)30-24(32)23-9-8-19-10-16(13-26)14-29-31(19)23;1-26(23)21(30)19(3-2-14-29)25-16-4-5-20(18(22)15-16)28-10-6-17(7-11-28)27-12-8-24-9-13-27/h8-12,14-15,18,33H,3-7,27H2,1-2H3,(H,30,32);4-5,14-15,17,19,24-25H,2-3,6-13H2,1H3. The second-order valence-electron chi connectivity index (χ2n) is 16.9. The Morgan fingerprint density at radius 3 is 2.48 bits per heavy atom. The molecule has 0 spiro atoms. The van der Waals surface area contributed by atoms with Gasteiger partial charge in [-0.3, -0.25) is 19.5 Å². The minimum absolute atomic E-state index is 0.0427. The fraction of sp³-hybridized carbons (Fsp3) is 0.478. The lowest BCUT2D eigenvalue weighted by molar-refractivity contribution is -0.144. The Morgan fingerprint density at radius 2 is 1.83 bits per heavy atom. The predicted molar refractivity (Wildman–Crippen MR) is 246 cm³/mol. The SMILES string of the molecule is CC(C)(O)c1cc(N)c(C=NC2CCCCC2)cc1NC(=O)c1ccc2cc(C#N)cnn12.CN(F)C(=O)C(CCC=O)Nc1ccc(N2CCC(N3CCNCC3)CC2)c(Cl)c1. The molecule has 1 atom stereocenters. The van der Waals surface area contributed by atoms with E-state index in [1.807, 2.05) is 18.2 Å². The van der Waals surface area contributed by atoms with E-state index in [1.165, 1.54) is 30.0 Å². The molecule has 1 saturated carbocycles. The topological polar surface area (TPSA) is 197 Å². The van der Waals surface area contributed by atoms with Gasteiger partial charge in [-0.25, -0.2) is 4.52 Å². The summed E-state index contributed by atoms with van der Waals surface area (Å²) in [4.78, 5) is 45.4. The average Bonchev–Trinajstić information content (AvgIpc) is 3.72. The Balaban J connectivity index is 0.000000211. The average molecular weight is 885 g/mol. The third-order valence-corrected chi connectivity index (χ3v) is 12.2. The van der Waals surface area contributed by atoms with Gasteiger partial charge < -0.3 is 36.5 Å². The molecule has 2 saturated heterocycles. The number of nitriles is 1. The summed E-state index contributed by atoms with van der Waals surface area (Å²) in [6.07, 6.45) is 12.3. The molecule has 1 unspecified atom stereocenters. The lowest BCUT2D eigenvalue weighted by atomic mass is 9.93. The van der Waals surface area contributed by atoms with Crippen molar-refractivity contribution in [2.45, 2.75) is 95.4 Å². The summed E-state index contributed by atoms with van der Waals surface area (Å²) in [5.41, 5.74) is 10.2. The van der Waals surface area contributed by atoms with E-state index in [1.54, 1.807) is 56.5 Å². The molecular formula is C46H59ClFN11O4. The van der Waals surface area contributed by atoms with Gasteiger partial charge in [-0.15, -0.1) is 0 Å². The highest BCUT2D eigenvalue weighted by atomic mass is 35.5. The first-order valence-corrected chi connectivity index (χ1v) is 22.1. The molecule has 6 N–H and O–H groups in total. The van der Waals surface area contributed by atoms with Crippen LogP contribution < -0.4 is 26.6 Å². The number of nitrogens with zero attached hydrogens (tertiary/aromatic N) is 7. The number of aromatic nitrogens is 2. The van der Waals surface area contributed by atoms with Gasteiger partial charge in [-0.05, 0) is 94.5 Å². The van der Waals surface area contributed by atoms with Gasteiger partial charge in [0.1, 0.15) is 24.1 Å². The normalized spacial score (nSPS) is 17.1. The molecule has 17 heteroatoms. The van der Waals surface area contributed by atoms with Crippen LogP contribution in [0.2, 0.25) is 5.02 Å². The Hall–Kier alpha value is -5.60. The fourth-order valence-corrected chi connectivity index (χ4v) is 8.77. The summed E-state index contributed by atoms with van der Waals surface area (Å²) in [6, 6.07) is 16.2. The Kier molecular flexibility index (Phi) is 16.1. The molecule has 7 rings (SSSR count). The summed E-state index contributed by atoms with van der Waals surface area (Å²) >= 11 is 6.55. The van der Waals surface area contributed by atoms with Crippen molar-refractivity contribution < 1.29 is 24.0 Å². The van der Waals surface area contributed by atoms with Crippen LogP contribution in [0.1, 0.15) is 98.8 Å². The van der Waals surface area contributed by atoms with Crippen molar-refractivity contribution >= 4 is 64.2 Å². The highest BCUT2D eigenvalue weighted by Gasteiger charge is 2.28. The molecule has 2 aliphatic heterocycles. The van der Waals surface area contributed by atoms with Gasteiger partial charge >= 0.3 is 0 Å². The molecule has 3 aliphatic rings. The summed E-state index contributed by atoms with van der Waals surface area (Å²) in [5, 5.41) is 33.9. The number of hydrogen-bond acceptors (Lipinski definition) is 12. The van der Waals surface area contributed by atoms with Crippen LogP contribution in [0, 0.1) is 11.3 Å². The Morgan fingerprint density at radius 1 is 1.10 bits per heavy atom. The van der Waals surface area contributed by atoms with Crippen molar-refractivity contribution in [3.8, 4) is 6.07 Å². The van der Waals surface area contributed by atoms with Crippen LogP contribution in [-0.4, -0.2) is 113 Å². The number of likely N-dealkylation sites (N-methyl/N-ethyl adjacent to an activating group) is 1. The molecule has 2 aromatic heterocycles. The van der Waals surface area contributed by atoms with Gasteiger partial charge in [0.15, 0.2) is 0 Å². The molecule has 0 radical (unpaired) electrons. The summed E-state index contributed by atoms with van der Waals surface area (Å²) in [6.45, 7) is 9.55. The zero-order valence-electron chi connectivity index (χ0n) is 36.3. The Labute approximate surface area is 373 Å². The van der Waals surface area contributed by atoms with E-state index in [2.05, 4.69) is 30.8 Å². The molecule has 15 nitrogen and oxygen atoms in total. The number of piperidine rings is 1. The van der Waals surface area contributed by atoms with Gasteiger partial charge in [0, 0.05) is 99.2 Å². The van der Waals surface area contributed by atoms with Crippen molar-refractivity contribution in [2.24, 2.45) is 4.99 Å². The first-order chi connectivity index (χ1) is 30.2. The summed E-state index contributed by atoms with van der Waals surface area (Å²) in [7, 11) is 1.05. The van der Waals surface area contributed by atoms with Crippen LogP contribution in [-0.2, 0) is 15.2 Å². The third-order valence-electron chi connectivity index (χ3n) is 11.9. The van der Waals surface area contributed by atoms with Crippen LogP contribution >= 0.6 is 11.6 Å². The first-order valence-electron chi connectivity index (χ1n) is 21.8. The highest BCUT2D eigenvalue weighted by molar-refractivity contribution is 6.33. The van der Waals surface area contributed by atoms with Gasteiger partial charge in [-0.2, -0.15) is 15.5 Å². The lowest BCUT2D eigenvalue weighted by Gasteiger charge is -2.41. The number of nitrogen functional groups attached to an aromatic ring is 1. The number of hydrogen-bond donors (Lipinski definition) is 5. The van der Waals surface area contributed by atoms with E-state index in [4.69, 9.17) is 27.6 Å². The molecule has 1 aliphatic carbocycles. The van der Waals surface area contributed by atoms with E-state index in [9.17, 15) is 24.0 Å². The maximum absolute atomic E-state index is 13.3. The molecule has 63 heavy (non-hydrogen) atoms. The van der Waals surface area contributed by atoms with Crippen molar-refractivity contribution in [3.63, 3.8) is 0 Å². The molecule has 4 heterocycles. The third kappa shape index (κ3) is 12.3.